The molecule has 3 rings (SSSR count). The van der Waals surface area contributed by atoms with Crippen molar-refractivity contribution in [3.8, 4) is 11.3 Å². The van der Waals surface area contributed by atoms with Crippen molar-refractivity contribution in [1.82, 2.24) is 5.43 Å². The van der Waals surface area contributed by atoms with Gasteiger partial charge in [0.15, 0.2) is 0 Å². The van der Waals surface area contributed by atoms with Crippen molar-refractivity contribution < 1.29 is 9.21 Å². The Morgan fingerprint density at radius 3 is 2.56 bits per heavy atom. The lowest BCUT2D eigenvalue weighted by Crippen LogP contribution is -2.17. The predicted octanol–water partition coefficient (Wildman–Crippen LogP) is 4.79. The monoisotopic (exact) mass is 396 g/mol. The summed E-state index contributed by atoms with van der Waals surface area (Å²) in [7, 11) is 0. The van der Waals surface area contributed by atoms with Crippen LogP contribution in [0.3, 0.4) is 0 Å². The molecule has 0 saturated carbocycles. The number of benzene rings is 2. The lowest BCUT2D eigenvalue weighted by atomic mass is 10.1. The molecule has 1 amide bonds. The standard InChI is InChI=1S/C20H17BrN2O2/c21-17-9-7-16(8-10-17)19-12-11-18(25-19)14-22-23-20(24)13-6-15-4-2-1-3-5-15/h1-5,7-12,14H,6,13H2,(H,23,24)/b22-14-. The van der Waals surface area contributed by atoms with Crippen LogP contribution >= 0.6 is 15.9 Å². The first kappa shape index (κ1) is 17.2. The molecule has 0 aliphatic heterocycles. The number of carbonyl (C=O) groups excluding carboxylic acids is 1. The molecule has 1 heterocycles. The lowest BCUT2D eigenvalue weighted by Gasteiger charge is -2.00. The molecule has 0 aliphatic carbocycles. The topological polar surface area (TPSA) is 54.6 Å². The Morgan fingerprint density at radius 1 is 1.04 bits per heavy atom. The fraction of sp³-hybridized carbons (Fsp3) is 0.100. The van der Waals surface area contributed by atoms with Crippen LogP contribution in [0.15, 0.2) is 80.7 Å². The molecule has 126 valence electrons. The molecule has 4 nitrogen and oxygen atoms in total. The summed E-state index contributed by atoms with van der Waals surface area (Å²) in [5, 5.41) is 3.95. The Kier molecular flexibility index (Phi) is 5.80. The van der Waals surface area contributed by atoms with E-state index in [1.807, 2.05) is 66.7 Å². The first-order valence-electron chi connectivity index (χ1n) is 7.92. The van der Waals surface area contributed by atoms with Gasteiger partial charge >= 0.3 is 0 Å². The molecule has 0 atom stereocenters. The van der Waals surface area contributed by atoms with Crippen LogP contribution in [0.5, 0.6) is 0 Å². The molecule has 0 saturated heterocycles. The van der Waals surface area contributed by atoms with Gasteiger partial charge < -0.3 is 4.42 Å². The molecule has 0 bridgehead atoms. The van der Waals surface area contributed by atoms with E-state index in [0.717, 1.165) is 21.4 Å². The van der Waals surface area contributed by atoms with Crippen LogP contribution in [0.4, 0.5) is 0 Å². The number of nitrogens with one attached hydrogen (secondary N) is 1. The predicted molar refractivity (Wildman–Crippen MR) is 102 cm³/mol. The van der Waals surface area contributed by atoms with Gasteiger partial charge in [-0.25, -0.2) is 5.43 Å². The minimum atomic E-state index is -0.125. The minimum Gasteiger partial charge on any atom is -0.455 e. The number of halogens is 1. The second-order valence-electron chi connectivity index (χ2n) is 5.49. The summed E-state index contributed by atoms with van der Waals surface area (Å²) in [6, 6.07) is 21.4. The van der Waals surface area contributed by atoms with Crippen molar-refractivity contribution in [2.45, 2.75) is 12.8 Å². The highest BCUT2D eigenvalue weighted by atomic mass is 79.9. The van der Waals surface area contributed by atoms with Crippen molar-refractivity contribution in [2.75, 3.05) is 0 Å². The van der Waals surface area contributed by atoms with Crippen LogP contribution in [-0.4, -0.2) is 12.1 Å². The number of hydrogen-bond acceptors (Lipinski definition) is 3. The van der Waals surface area contributed by atoms with E-state index in [9.17, 15) is 4.79 Å². The molecule has 3 aromatic rings. The van der Waals surface area contributed by atoms with E-state index in [0.29, 0.717) is 18.6 Å². The Hall–Kier alpha value is -2.66. The maximum atomic E-state index is 11.8. The van der Waals surface area contributed by atoms with Crippen molar-refractivity contribution in [3.05, 3.63) is 82.5 Å². The van der Waals surface area contributed by atoms with Crippen LogP contribution < -0.4 is 5.43 Å². The first-order valence-corrected chi connectivity index (χ1v) is 8.71. The fourth-order valence-electron chi connectivity index (χ4n) is 2.32. The number of amides is 1. The maximum absolute atomic E-state index is 11.8. The second-order valence-corrected chi connectivity index (χ2v) is 6.40. The molecule has 0 fully saturated rings. The van der Waals surface area contributed by atoms with Crippen LogP contribution in [0, 0.1) is 0 Å². The van der Waals surface area contributed by atoms with E-state index in [-0.39, 0.29) is 5.91 Å². The third kappa shape index (κ3) is 5.16. The molecule has 0 unspecified atom stereocenters. The zero-order valence-electron chi connectivity index (χ0n) is 13.5. The fourth-order valence-corrected chi connectivity index (χ4v) is 2.58. The van der Waals surface area contributed by atoms with Gasteiger partial charge in [0.05, 0.1) is 6.21 Å². The van der Waals surface area contributed by atoms with E-state index < -0.39 is 0 Å². The van der Waals surface area contributed by atoms with E-state index in [1.165, 1.54) is 6.21 Å². The van der Waals surface area contributed by atoms with Gasteiger partial charge in [-0.3, -0.25) is 4.79 Å². The molecule has 0 aliphatic rings. The van der Waals surface area contributed by atoms with E-state index in [1.54, 1.807) is 0 Å². The third-order valence-electron chi connectivity index (χ3n) is 3.62. The molecule has 1 aromatic heterocycles. The zero-order chi connectivity index (χ0) is 17.5. The molecule has 25 heavy (non-hydrogen) atoms. The number of hydrogen-bond donors (Lipinski definition) is 1. The molecule has 2 aromatic carbocycles. The Balaban J connectivity index is 1.50. The van der Waals surface area contributed by atoms with Crippen molar-refractivity contribution in [3.63, 3.8) is 0 Å². The zero-order valence-corrected chi connectivity index (χ0v) is 15.1. The van der Waals surface area contributed by atoms with Gasteiger partial charge in [-0.1, -0.05) is 58.4 Å². The highest BCUT2D eigenvalue weighted by Gasteiger charge is 2.04. The molecule has 0 spiro atoms. The highest BCUT2D eigenvalue weighted by molar-refractivity contribution is 9.10. The highest BCUT2D eigenvalue weighted by Crippen LogP contribution is 2.23. The second kappa shape index (κ2) is 8.44. The summed E-state index contributed by atoms with van der Waals surface area (Å²) in [6.45, 7) is 0. The number of carbonyl (C=O) groups is 1. The molecule has 1 N–H and O–H groups in total. The van der Waals surface area contributed by atoms with Crippen LogP contribution in [-0.2, 0) is 11.2 Å². The van der Waals surface area contributed by atoms with Crippen LogP contribution in [0.1, 0.15) is 17.7 Å². The van der Waals surface area contributed by atoms with Crippen molar-refractivity contribution in [1.29, 1.82) is 0 Å². The number of aryl methyl sites for hydroxylation is 1. The Labute approximate surface area is 154 Å². The summed E-state index contributed by atoms with van der Waals surface area (Å²) < 4.78 is 6.72. The van der Waals surface area contributed by atoms with Crippen molar-refractivity contribution in [2.24, 2.45) is 5.10 Å². The molecular formula is C20H17BrN2O2. The van der Waals surface area contributed by atoms with Gasteiger partial charge in [-0.2, -0.15) is 5.10 Å². The number of rotatable bonds is 6. The molecule has 0 radical (unpaired) electrons. The summed E-state index contributed by atoms with van der Waals surface area (Å²) in [5.41, 5.74) is 4.63. The first-order chi connectivity index (χ1) is 12.2. The average molecular weight is 397 g/mol. The van der Waals surface area contributed by atoms with Crippen LogP contribution in [0.25, 0.3) is 11.3 Å². The normalized spacial score (nSPS) is 10.9. The molecule has 5 heteroatoms. The summed E-state index contributed by atoms with van der Waals surface area (Å²) in [6.07, 6.45) is 2.59. The minimum absolute atomic E-state index is 0.125. The van der Waals surface area contributed by atoms with Gasteiger partial charge in [0.2, 0.25) is 5.91 Å². The number of hydrazone groups is 1. The van der Waals surface area contributed by atoms with Crippen molar-refractivity contribution >= 4 is 28.1 Å². The quantitative estimate of drug-likeness (QED) is 0.480. The smallest absolute Gasteiger partial charge is 0.240 e. The van der Waals surface area contributed by atoms with E-state index in [2.05, 4.69) is 26.5 Å². The summed E-state index contributed by atoms with van der Waals surface area (Å²) >= 11 is 3.41. The Bertz CT molecular complexity index is 855. The van der Waals surface area contributed by atoms with Gasteiger partial charge in [0, 0.05) is 16.5 Å². The third-order valence-corrected chi connectivity index (χ3v) is 4.15. The maximum Gasteiger partial charge on any atom is 0.240 e. The van der Waals surface area contributed by atoms with Gasteiger partial charge in [0.1, 0.15) is 11.5 Å². The van der Waals surface area contributed by atoms with E-state index in [4.69, 9.17) is 4.42 Å². The Morgan fingerprint density at radius 2 is 1.80 bits per heavy atom. The lowest BCUT2D eigenvalue weighted by molar-refractivity contribution is -0.121. The van der Waals surface area contributed by atoms with Gasteiger partial charge in [-0.05, 0) is 36.2 Å². The number of furan rings is 1. The largest absolute Gasteiger partial charge is 0.455 e. The summed E-state index contributed by atoms with van der Waals surface area (Å²) in [5.74, 6) is 1.21. The summed E-state index contributed by atoms with van der Waals surface area (Å²) in [4.78, 5) is 11.8. The van der Waals surface area contributed by atoms with E-state index >= 15 is 0 Å². The van der Waals surface area contributed by atoms with Crippen LogP contribution in [0.2, 0.25) is 0 Å². The average Bonchev–Trinajstić information content (AvgIpc) is 3.10. The van der Waals surface area contributed by atoms with Gasteiger partial charge in [0.25, 0.3) is 0 Å². The van der Waals surface area contributed by atoms with Gasteiger partial charge in [-0.15, -0.1) is 0 Å². The SMILES string of the molecule is O=C(CCc1ccccc1)N/N=C\c1ccc(-c2ccc(Br)cc2)o1. The molecular weight excluding hydrogens is 380 g/mol. The number of nitrogens with zero attached hydrogens (tertiary/aromatic N) is 1.